The number of hydrogen-bond acceptors (Lipinski definition) is 21. The Labute approximate surface area is 367 Å². The molecular formula is C39H36N14O13. The average molecular weight is 909 g/mol. The summed E-state index contributed by atoms with van der Waals surface area (Å²) in [5.41, 5.74) is 12.0. The predicted octanol–water partition coefficient (Wildman–Crippen LogP) is -0.0388. The first-order valence-electron chi connectivity index (χ1n) is 19.2. The number of nitrogen functional groups attached to an aromatic ring is 2. The highest BCUT2D eigenvalue weighted by atomic mass is 16.8. The molecule has 4 heterocycles. The molecule has 2 amide bonds. The first kappa shape index (κ1) is 46.1. The number of nitrogens with zero attached hydrogens (tertiary/aromatic N) is 6. The van der Waals surface area contributed by atoms with Crippen LogP contribution in [0.2, 0.25) is 0 Å². The molecular weight excluding hydrogens is 873 g/mol. The number of nitrogens with one attached hydrogen (secondary N) is 6. The molecule has 27 nitrogen and oxygen atoms in total. The number of benzene rings is 2. The van der Waals surface area contributed by atoms with Gasteiger partial charge in [-0.3, -0.25) is 28.8 Å². The second kappa shape index (κ2) is 20.6. The van der Waals surface area contributed by atoms with Crippen LogP contribution < -0.4 is 43.9 Å². The third-order valence-corrected chi connectivity index (χ3v) is 9.10. The molecule has 4 aromatic heterocycles. The summed E-state index contributed by atoms with van der Waals surface area (Å²) in [4.78, 5) is 139. The fourth-order valence-electron chi connectivity index (χ4n) is 5.82. The van der Waals surface area contributed by atoms with Crippen molar-refractivity contribution in [1.82, 2.24) is 50.5 Å². The normalized spacial score (nSPS) is 11.8. The fourth-order valence-corrected chi connectivity index (χ4v) is 5.82. The third-order valence-electron chi connectivity index (χ3n) is 9.10. The van der Waals surface area contributed by atoms with Crippen LogP contribution in [0.15, 0.2) is 70.5 Å². The van der Waals surface area contributed by atoms with Crippen molar-refractivity contribution in [2.24, 2.45) is 0 Å². The fraction of sp³-hybridized carbons (Fsp3) is 0.205. The molecule has 0 unspecified atom stereocenters. The van der Waals surface area contributed by atoms with E-state index in [4.69, 9.17) is 11.5 Å². The van der Waals surface area contributed by atoms with Crippen molar-refractivity contribution in [2.45, 2.75) is 50.9 Å². The van der Waals surface area contributed by atoms with E-state index in [1.165, 1.54) is 60.9 Å². The van der Waals surface area contributed by atoms with Gasteiger partial charge in [0.1, 0.15) is 12.1 Å². The molecule has 0 saturated heterocycles. The maximum Gasteiger partial charge on any atom is 0.524 e. The third kappa shape index (κ3) is 12.4. The van der Waals surface area contributed by atoms with Gasteiger partial charge in [-0.05, 0) is 61.4 Å². The molecule has 0 spiro atoms. The van der Waals surface area contributed by atoms with E-state index in [-0.39, 0.29) is 58.4 Å². The van der Waals surface area contributed by atoms with Crippen LogP contribution in [0.25, 0.3) is 22.3 Å². The summed E-state index contributed by atoms with van der Waals surface area (Å²) in [6, 6.07) is 8.42. The minimum atomic E-state index is -1.77. The highest BCUT2D eigenvalue weighted by Crippen LogP contribution is 2.15. The molecule has 12 N–H and O–H groups in total. The standard InChI is InChI=1S/C39H36N14O13/c40-37-50-29-27(33(58)52-37)46-21(15-44-29)13-42-19-5-1-17(2-6-19)31(56)48-23(35(60)61)9-11-25(54)65-39(64)66-26(55)12-10-24(36(62)63)49-32(57)18-3-7-20(8-4-18)43-14-22-16-45-30-28(47-22)34(59)53-38(41)51-30/h1-8,15-16,23-24,42-43H,9-14H2,(H,48,56)(H,49,57)(H,60,61)(H,62,63)(H3,40,44,50,52,58)(H3,41,45,51,53,59)/t23-,24-/m0/s1. The van der Waals surface area contributed by atoms with Gasteiger partial charge in [-0.2, -0.15) is 9.97 Å². The van der Waals surface area contributed by atoms with Crippen LogP contribution in [0.1, 0.15) is 57.8 Å². The Hall–Kier alpha value is -9.43. The Morgan fingerprint density at radius 3 is 1.33 bits per heavy atom. The molecule has 0 saturated carbocycles. The number of carboxylic acid groups (broad SMARTS) is 2. The number of aliphatic carboxylic acids is 2. The lowest BCUT2D eigenvalue weighted by Crippen LogP contribution is -2.41. The van der Waals surface area contributed by atoms with Crippen molar-refractivity contribution in [2.75, 3.05) is 22.1 Å². The van der Waals surface area contributed by atoms with E-state index >= 15 is 0 Å². The monoisotopic (exact) mass is 908 g/mol. The molecule has 0 radical (unpaired) electrons. The summed E-state index contributed by atoms with van der Waals surface area (Å²) in [5, 5.41) is 29.8. The number of fused-ring (bicyclic) bond motifs is 2. The van der Waals surface area contributed by atoms with E-state index in [9.17, 15) is 53.4 Å². The number of carbonyl (C=O) groups is 7. The van der Waals surface area contributed by atoms with Crippen molar-refractivity contribution in [3.8, 4) is 0 Å². The zero-order chi connectivity index (χ0) is 47.5. The van der Waals surface area contributed by atoms with E-state index in [0.717, 1.165) is 0 Å². The molecule has 0 fully saturated rings. The number of esters is 2. The van der Waals surface area contributed by atoms with Gasteiger partial charge in [0.25, 0.3) is 11.8 Å². The van der Waals surface area contributed by atoms with Gasteiger partial charge in [-0.25, -0.2) is 34.3 Å². The maximum atomic E-state index is 12.8. The predicted molar refractivity (Wildman–Crippen MR) is 226 cm³/mol. The number of rotatable bonds is 18. The lowest BCUT2D eigenvalue weighted by atomic mass is 10.1. The zero-order valence-electron chi connectivity index (χ0n) is 33.9. The van der Waals surface area contributed by atoms with Crippen molar-refractivity contribution < 1.29 is 53.2 Å². The number of carboxylic acids is 2. The molecule has 27 heteroatoms. The highest BCUT2D eigenvalue weighted by Gasteiger charge is 2.26. The number of amides is 2. The number of nitrogens with two attached hydrogens (primary N) is 2. The molecule has 2 aromatic carbocycles. The van der Waals surface area contributed by atoms with Gasteiger partial charge in [0.05, 0.1) is 36.9 Å². The summed E-state index contributed by atoms with van der Waals surface area (Å²) in [6.45, 7) is 0.268. The summed E-state index contributed by atoms with van der Waals surface area (Å²) in [6.07, 6.45) is -1.43. The molecule has 6 aromatic rings. The average Bonchev–Trinajstić information content (AvgIpc) is 3.27. The minimum Gasteiger partial charge on any atom is -0.480 e. The van der Waals surface area contributed by atoms with E-state index in [1.54, 1.807) is 0 Å². The minimum absolute atomic E-state index is 0.00763. The van der Waals surface area contributed by atoms with Crippen LogP contribution in [0.4, 0.5) is 28.1 Å². The first-order chi connectivity index (χ1) is 31.5. The number of H-pyrrole nitrogens is 2. The van der Waals surface area contributed by atoms with Gasteiger partial charge in [0.15, 0.2) is 22.3 Å². The van der Waals surface area contributed by atoms with Crippen molar-refractivity contribution in [1.29, 1.82) is 0 Å². The van der Waals surface area contributed by atoms with E-state index in [0.29, 0.717) is 22.8 Å². The van der Waals surface area contributed by atoms with Crippen LogP contribution in [-0.4, -0.2) is 104 Å². The van der Waals surface area contributed by atoms with Crippen LogP contribution in [0.3, 0.4) is 0 Å². The second-order valence-corrected chi connectivity index (χ2v) is 13.8. The van der Waals surface area contributed by atoms with Crippen LogP contribution >= 0.6 is 0 Å². The SMILES string of the molecule is Nc1nc(=O)c2nc(CNc3ccc(C(=O)N[C@@H](CCC(=O)OC(=O)OC(=O)CC[C@H](NC(=O)c4ccc(NCc5cnc6[nH]c(N)nc(=O)c6n5)cc4)C(=O)O)C(=O)O)cc3)cnc2[nH]1. The lowest BCUT2D eigenvalue weighted by molar-refractivity contribution is -0.146. The van der Waals surface area contributed by atoms with Gasteiger partial charge < -0.3 is 62.4 Å². The summed E-state index contributed by atoms with van der Waals surface area (Å²) < 4.78 is 8.82. The highest BCUT2D eigenvalue weighted by molar-refractivity contribution is 5.98. The largest absolute Gasteiger partial charge is 0.524 e. The summed E-state index contributed by atoms with van der Waals surface area (Å²) >= 11 is 0. The molecule has 0 aliphatic rings. The Balaban J connectivity index is 0.896. The molecule has 6 rings (SSSR count). The molecule has 0 aliphatic carbocycles. The Morgan fingerprint density at radius 1 is 0.591 bits per heavy atom. The van der Waals surface area contributed by atoms with Crippen molar-refractivity contribution >= 4 is 87.4 Å². The van der Waals surface area contributed by atoms with E-state index in [2.05, 4.69) is 70.6 Å². The van der Waals surface area contributed by atoms with Gasteiger partial charge >= 0.3 is 41.2 Å². The van der Waals surface area contributed by atoms with Crippen molar-refractivity contribution in [3.63, 3.8) is 0 Å². The summed E-state index contributed by atoms with van der Waals surface area (Å²) in [7, 11) is 0. The molecule has 340 valence electrons. The second-order valence-electron chi connectivity index (χ2n) is 13.8. The van der Waals surface area contributed by atoms with E-state index in [1.807, 2.05) is 0 Å². The number of aromatic amines is 2. The number of hydrogen-bond donors (Lipinski definition) is 10. The van der Waals surface area contributed by atoms with Gasteiger partial charge in [-0.15, -0.1) is 0 Å². The molecule has 2 atom stereocenters. The van der Waals surface area contributed by atoms with Crippen LogP contribution in [0.5, 0.6) is 0 Å². The van der Waals surface area contributed by atoms with Crippen LogP contribution in [-0.2, 0) is 41.7 Å². The van der Waals surface area contributed by atoms with Gasteiger partial charge in [0.2, 0.25) is 11.9 Å². The Bertz CT molecular complexity index is 2780. The molecule has 0 bridgehead atoms. The molecule has 0 aliphatic heterocycles. The number of aromatic nitrogens is 8. The first-order valence-corrected chi connectivity index (χ1v) is 19.2. The van der Waals surface area contributed by atoms with Crippen LogP contribution in [0, 0.1) is 0 Å². The Morgan fingerprint density at radius 2 is 0.970 bits per heavy atom. The Kier molecular flexibility index (Phi) is 14.4. The van der Waals surface area contributed by atoms with Gasteiger partial charge in [-0.1, -0.05) is 0 Å². The lowest BCUT2D eigenvalue weighted by Gasteiger charge is -2.15. The number of ether oxygens (including phenoxy) is 2. The van der Waals surface area contributed by atoms with E-state index < -0.39 is 90.7 Å². The summed E-state index contributed by atoms with van der Waals surface area (Å²) in [5.74, 6) is -7.45. The smallest absolute Gasteiger partial charge is 0.480 e. The van der Waals surface area contributed by atoms with Gasteiger partial charge in [0, 0.05) is 35.3 Å². The topological polar surface area (TPSA) is 422 Å². The number of anilines is 4. The zero-order valence-corrected chi connectivity index (χ0v) is 33.9. The maximum absolute atomic E-state index is 12.8. The quantitative estimate of drug-likeness (QED) is 0.0399. The molecule has 66 heavy (non-hydrogen) atoms. The number of carbonyl (C=O) groups excluding carboxylic acids is 5. The van der Waals surface area contributed by atoms with Crippen molar-refractivity contribution in [3.05, 3.63) is 104 Å².